The van der Waals surface area contributed by atoms with Gasteiger partial charge in [0.25, 0.3) is 0 Å². The summed E-state index contributed by atoms with van der Waals surface area (Å²) in [6.45, 7) is 4.06. The van der Waals surface area contributed by atoms with E-state index >= 15 is 0 Å². The van der Waals surface area contributed by atoms with E-state index < -0.39 is 0 Å². The van der Waals surface area contributed by atoms with Crippen LogP contribution in [0, 0.1) is 13.8 Å². The molecule has 0 spiro atoms. The molecule has 0 saturated heterocycles. The summed E-state index contributed by atoms with van der Waals surface area (Å²) in [6.07, 6.45) is 0.344. The van der Waals surface area contributed by atoms with Crippen LogP contribution in [0.1, 0.15) is 23.1 Å². The number of anilines is 1. The minimum Gasteiger partial charge on any atom is -0.497 e. The van der Waals surface area contributed by atoms with E-state index in [4.69, 9.17) is 9.73 Å². The summed E-state index contributed by atoms with van der Waals surface area (Å²) in [7, 11) is 1.65. The number of hydrogen-bond donors (Lipinski definition) is 1. The second kappa shape index (κ2) is 8.76. The molecule has 0 radical (unpaired) electrons. The highest BCUT2D eigenvalue weighted by atomic mass is 32.2. The van der Waals surface area contributed by atoms with Crippen LogP contribution in [-0.4, -0.2) is 24.0 Å². The number of carbonyl (C=O) groups excluding carboxylic acids is 1. The maximum atomic E-state index is 12.9. The lowest BCUT2D eigenvalue weighted by molar-refractivity contribution is -0.116. The highest BCUT2D eigenvalue weighted by Gasteiger charge is 2.27. The SMILES string of the molecule is COc1ccc(C2=Nc3ccccc3S[C@@H]2CC(=O)Nc2ccc(C)cc2C)cc1. The summed E-state index contributed by atoms with van der Waals surface area (Å²) in [5.74, 6) is 0.785. The molecule has 0 unspecified atom stereocenters. The summed E-state index contributed by atoms with van der Waals surface area (Å²) in [6, 6.07) is 22.0. The van der Waals surface area contributed by atoms with Crippen LogP contribution in [0.5, 0.6) is 5.75 Å². The van der Waals surface area contributed by atoms with Crippen molar-refractivity contribution in [2.45, 2.75) is 30.4 Å². The van der Waals surface area contributed by atoms with Crippen LogP contribution in [0.3, 0.4) is 0 Å². The van der Waals surface area contributed by atoms with E-state index in [0.29, 0.717) is 6.42 Å². The first kappa shape index (κ1) is 20.2. The van der Waals surface area contributed by atoms with Gasteiger partial charge < -0.3 is 10.1 Å². The summed E-state index contributed by atoms with van der Waals surface area (Å²) in [5.41, 5.74) is 5.96. The van der Waals surface area contributed by atoms with Gasteiger partial charge in [-0.05, 0) is 67.4 Å². The van der Waals surface area contributed by atoms with Crippen molar-refractivity contribution in [2.75, 3.05) is 12.4 Å². The monoisotopic (exact) mass is 416 g/mol. The molecular weight excluding hydrogens is 392 g/mol. The molecular formula is C25H24N2O2S. The number of thioether (sulfide) groups is 1. The number of fused-ring (bicyclic) bond motifs is 1. The largest absolute Gasteiger partial charge is 0.497 e. The lowest BCUT2D eigenvalue weighted by atomic mass is 10.0. The Labute approximate surface area is 181 Å². The zero-order valence-electron chi connectivity index (χ0n) is 17.3. The van der Waals surface area contributed by atoms with Crippen molar-refractivity contribution in [2.24, 2.45) is 4.99 Å². The maximum Gasteiger partial charge on any atom is 0.225 e. The summed E-state index contributed by atoms with van der Waals surface area (Å²) < 4.78 is 5.28. The Morgan fingerprint density at radius 3 is 2.57 bits per heavy atom. The molecule has 4 rings (SSSR count). The molecule has 1 heterocycles. The Balaban J connectivity index is 1.60. The van der Waals surface area contributed by atoms with Gasteiger partial charge in [0.1, 0.15) is 5.75 Å². The molecule has 3 aromatic carbocycles. The highest BCUT2D eigenvalue weighted by molar-refractivity contribution is 8.01. The van der Waals surface area contributed by atoms with Gasteiger partial charge in [0, 0.05) is 17.0 Å². The van der Waals surface area contributed by atoms with Gasteiger partial charge in [0.2, 0.25) is 5.91 Å². The maximum absolute atomic E-state index is 12.9. The number of hydrogen-bond acceptors (Lipinski definition) is 4. The van der Waals surface area contributed by atoms with Crippen molar-refractivity contribution < 1.29 is 9.53 Å². The van der Waals surface area contributed by atoms with Crippen LogP contribution >= 0.6 is 11.8 Å². The molecule has 0 aromatic heterocycles. The first-order valence-electron chi connectivity index (χ1n) is 9.89. The first-order valence-corrected chi connectivity index (χ1v) is 10.8. The van der Waals surface area contributed by atoms with Gasteiger partial charge in [-0.15, -0.1) is 11.8 Å². The van der Waals surface area contributed by atoms with E-state index in [2.05, 4.69) is 17.4 Å². The number of carbonyl (C=O) groups is 1. The average molecular weight is 417 g/mol. The van der Waals surface area contributed by atoms with Crippen LogP contribution in [0.25, 0.3) is 0 Å². The Morgan fingerprint density at radius 1 is 1.07 bits per heavy atom. The standard InChI is InChI=1S/C25H24N2O2S/c1-16-8-13-20(17(2)14-16)26-24(28)15-23-25(18-9-11-19(29-3)12-10-18)27-21-6-4-5-7-22(21)30-23/h4-14,23H,15H2,1-3H3,(H,26,28)/t23-/m1/s1. The van der Waals surface area contributed by atoms with Crippen LogP contribution < -0.4 is 10.1 Å². The van der Waals surface area contributed by atoms with Crippen LogP contribution in [0.4, 0.5) is 11.4 Å². The second-order valence-corrected chi connectivity index (χ2v) is 8.62. The van der Waals surface area contributed by atoms with Crippen LogP contribution in [0.15, 0.2) is 76.6 Å². The second-order valence-electron chi connectivity index (χ2n) is 7.37. The molecule has 30 heavy (non-hydrogen) atoms. The molecule has 1 atom stereocenters. The number of nitrogens with zero attached hydrogens (tertiary/aromatic N) is 1. The van der Waals surface area contributed by atoms with E-state index in [1.165, 1.54) is 5.56 Å². The Kier molecular flexibility index (Phi) is 5.91. The number of aliphatic imine (C=N–C) groups is 1. The lowest BCUT2D eigenvalue weighted by Crippen LogP contribution is -2.27. The van der Waals surface area contributed by atoms with Gasteiger partial charge >= 0.3 is 0 Å². The molecule has 1 aliphatic rings. The third-order valence-electron chi connectivity index (χ3n) is 5.09. The molecule has 1 amide bonds. The molecule has 3 aromatic rings. The molecule has 5 heteroatoms. The Morgan fingerprint density at radius 2 is 1.83 bits per heavy atom. The van der Waals surface area contributed by atoms with Crippen molar-refractivity contribution in [1.29, 1.82) is 0 Å². The predicted octanol–water partition coefficient (Wildman–Crippen LogP) is 5.94. The van der Waals surface area contributed by atoms with Crippen molar-refractivity contribution in [1.82, 2.24) is 0 Å². The summed E-state index contributed by atoms with van der Waals surface area (Å²) in [4.78, 5) is 18.9. The number of nitrogens with one attached hydrogen (secondary N) is 1. The third-order valence-corrected chi connectivity index (χ3v) is 6.37. The predicted molar refractivity (Wildman–Crippen MR) is 124 cm³/mol. The van der Waals surface area contributed by atoms with Gasteiger partial charge in [0.05, 0.1) is 23.8 Å². The zero-order chi connectivity index (χ0) is 21.1. The Bertz CT molecular complexity index is 1110. The number of aryl methyl sites for hydroxylation is 2. The lowest BCUT2D eigenvalue weighted by Gasteiger charge is -2.24. The number of para-hydroxylation sites is 1. The topological polar surface area (TPSA) is 50.7 Å². The fourth-order valence-corrected chi connectivity index (χ4v) is 4.77. The number of rotatable bonds is 5. The van der Waals surface area contributed by atoms with Crippen LogP contribution in [0.2, 0.25) is 0 Å². The van der Waals surface area contributed by atoms with Crippen molar-refractivity contribution in [3.63, 3.8) is 0 Å². The minimum atomic E-state index is -0.0703. The van der Waals surface area contributed by atoms with Crippen molar-refractivity contribution >= 4 is 34.8 Å². The molecule has 0 saturated carbocycles. The van der Waals surface area contributed by atoms with E-state index in [-0.39, 0.29) is 11.2 Å². The molecule has 1 aliphatic heterocycles. The molecule has 152 valence electrons. The summed E-state index contributed by atoms with van der Waals surface area (Å²) in [5, 5.41) is 3.00. The van der Waals surface area contributed by atoms with Gasteiger partial charge in [-0.3, -0.25) is 9.79 Å². The molecule has 1 N–H and O–H groups in total. The minimum absolute atomic E-state index is 0.0138. The van der Waals surface area contributed by atoms with Gasteiger partial charge in [-0.25, -0.2) is 0 Å². The summed E-state index contributed by atoms with van der Waals surface area (Å²) >= 11 is 1.69. The quantitative estimate of drug-likeness (QED) is 0.560. The van der Waals surface area contributed by atoms with Gasteiger partial charge in [-0.1, -0.05) is 29.8 Å². The number of ether oxygens (including phenoxy) is 1. The van der Waals surface area contributed by atoms with Crippen LogP contribution in [-0.2, 0) is 4.79 Å². The normalized spacial score (nSPS) is 15.2. The smallest absolute Gasteiger partial charge is 0.225 e. The fraction of sp³-hybridized carbons (Fsp3) is 0.200. The third kappa shape index (κ3) is 4.41. The van der Waals surface area contributed by atoms with Crippen molar-refractivity contribution in [3.05, 3.63) is 83.4 Å². The van der Waals surface area contributed by atoms with E-state index in [1.807, 2.05) is 68.4 Å². The van der Waals surface area contributed by atoms with Crippen molar-refractivity contribution in [3.8, 4) is 5.75 Å². The fourth-order valence-electron chi connectivity index (χ4n) is 3.53. The Hall–Kier alpha value is -3.05. The van der Waals surface area contributed by atoms with E-state index in [9.17, 15) is 4.79 Å². The average Bonchev–Trinajstić information content (AvgIpc) is 2.75. The van der Waals surface area contributed by atoms with Gasteiger partial charge in [-0.2, -0.15) is 0 Å². The van der Waals surface area contributed by atoms with E-state index in [1.54, 1.807) is 18.9 Å². The highest BCUT2D eigenvalue weighted by Crippen LogP contribution is 2.40. The number of amides is 1. The van der Waals surface area contributed by atoms with E-state index in [0.717, 1.165) is 38.9 Å². The molecule has 0 aliphatic carbocycles. The molecule has 0 fully saturated rings. The first-order chi connectivity index (χ1) is 14.5. The number of methoxy groups -OCH3 is 1. The van der Waals surface area contributed by atoms with Gasteiger partial charge in [0.15, 0.2) is 0 Å². The number of benzene rings is 3. The molecule has 0 bridgehead atoms. The zero-order valence-corrected chi connectivity index (χ0v) is 18.1. The molecule has 4 nitrogen and oxygen atoms in total.